The molecule has 2 aromatic carbocycles. The number of anilines is 3. The highest BCUT2D eigenvalue weighted by atomic mass is 79.9. The number of nitrogens with one attached hydrogen (secondary N) is 3. The molecule has 0 spiro atoms. The van der Waals surface area contributed by atoms with Crippen molar-refractivity contribution in [2.75, 3.05) is 28.6 Å². The number of benzene rings is 2. The quantitative estimate of drug-likeness (QED) is 0.296. The maximum atomic E-state index is 12.6. The van der Waals surface area contributed by atoms with E-state index in [9.17, 15) is 9.59 Å². The fraction of sp³-hybridized carbons (Fsp3) is 0.261. The fourth-order valence-electron chi connectivity index (χ4n) is 2.94. The van der Waals surface area contributed by atoms with Crippen LogP contribution in [0.3, 0.4) is 0 Å². The molecule has 0 radical (unpaired) electrons. The molecule has 7 nitrogen and oxygen atoms in total. The summed E-state index contributed by atoms with van der Waals surface area (Å²) in [6, 6.07) is 14.6. The predicted molar refractivity (Wildman–Crippen MR) is 137 cm³/mol. The molecule has 0 aliphatic rings. The number of H-pyrrole nitrogens is 1. The molecule has 0 unspecified atom stereocenters. The van der Waals surface area contributed by atoms with Gasteiger partial charge in [-0.25, -0.2) is 0 Å². The monoisotopic (exact) mass is 517 g/mol. The zero-order valence-corrected chi connectivity index (χ0v) is 21.0. The van der Waals surface area contributed by atoms with Gasteiger partial charge in [-0.3, -0.25) is 14.7 Å². The van der Waals surface area contributed by atoms with Crippen LogP contribution < -0.4 is 15.5 Å². The molecule has 2 amide bonds. The van der Waals surface area contributed by atoms with Crippen molar-refractivity contribution in [3.8, 4) is 0 Å². The van der Waals surface area contributed by atoms with E-state index >= 15 is 0 Å². The van der Waals surface area contributed by atoms with E-state index in [1.807, 2.05) is 38.1 Å². The number of aromatic amines is 1. The second-order valence-electron chi connectivity index (χ2n) is 6.41. The van der Waals surface area contributed by atoms with Gasteiger partial charge in [-0.1, -0.05) is 26.0 Å². The van der Waals surface area contributed by atoms with Gasteiger partial charge in [0.25, 0.3) is 11.8 Å². The minimum absolute atomic E-state index is 0.206. The molecule has 1 heterocycles. The van der Waals surface area contributed by atoms with Crippen molar-refractivity contribution in [3.63, 3.8) is 0 Å². The molecule has 3 rings (SSSR count). The SMILES string of the molecule is CC.CCN(CC)c1ccc(NC(=O)c2[nH]nc(NC(=O)c3ccccc3S)c2Br)cc1. The summed E-state index contributed by atoms with van der Waals surface area (Å²) in [5, 5.41) is 12.2. The molecule has 3 aromatic rings. The Kier molecular flexibility index (Phi) is 9.80. The second kappa shape index (κ2) is 12.3. The minimum Gasteiger partial charge on any atom is -0.372 e. The molecule has 0 saturated carbocycles. The number of carbonyl (C=O) groups is 2. The fourth-order valence-corrected chi connectivity index (χ4v) is 3.66. The molecular formula is C23H28BrN5O2S. The largest absolute Gasteiger partial charge is 0.372 e. The normalized spacial score (nSPS) is 10.1. The predicted octanol–water partition coefficient (Wildman–Crippen LogP) is 5.84. The van der Waals surface area contributed by atoms with Gasteiger partial charge < -0.3 is 15.5 Å². The Bertz CT molecular complexity index is 1050. The first-order valence-electron chi connectivity index (χ1n) is 10.4. The van der Waals surface area contributed by atoms with Gasteiger partial charge in [-0.15, -0.1) is 12.6 Å². The van der Waals surface area contributed by atoms with Gasteiger partial charge >= 0.3 is 0 Å². The lowest BCUT2D eigenvalue weighted by Gasteiger charge is -2.21. The van der Waals surface area contributed by atoms with E-state index < -0.39 is 0 Å². The summed E-state index contributed by atoms with van der Waals surface area (Å²) in [6.07, 6.45) is 0. The number of hydrogen-bond acceptors (Lipinski definition) is 5. The van der Waals surface area contributed by atoms with Gasteiger partial charge in [0.15, 0.2) is 5.82 Å². The summed E-state index contributed by atoms with van der Waals surface area (Å²) < 4.78 is 0.366. The number of nitrogens with zero attached hydrogens (tertiary/aromatic N) is 2. The lowest BCUT2D eigenvalue weighted by molar-refractivity contribution is 0.101. The number of hydrogen-bond donors (Lipinski definition) is 4. The summed E-state index contributed by atoms with van der Waals surface area (Å²) in [5.41, 5.74) is 2.37. The molecule has 170 valence electrons. The third-order valence-corrected chi connectivity index (χ3v) is 5.73. The Morgan fingerprint density at radius 2 is 1.62 bits per heavy atom. The molecule has 0 fully saturated rings. The van der Waals surface area contributed by atoms with Gasteiger partial charge in [0.2, 0.25) is 0 Å². The average Bonchev–Trinajstić information content (AvgIpc) is 3.17. The van der Waals surface area contributed by atoms with Crippen LogP contribution in [0.1, 0.15) is 48.5 Å². The van der Waals surface area contributed by atoms with Gasteiger partial charge in [0, 0.05) is 29.4 Å². The molecule has 1 aromatic heterocycles. The van der Waals surface area contributed by atoms with Crippen LogP contribution in [-0.4, -0.2) is 35.1 Å². The van der Waals surface area contributed by atoms with Crippen molar-refractivity contribution in [1.82, 2.24) is 10.2 Å². The number of amides is 2. The highest BCUT2D eigenvalue weighted by Gasteiger charge is 2.20. The summed E-state index contributed by atoms with van der Waals surface area (Å²) in [6.45, 7) is 10.0. The van der Waals surface area contributed by atoms with Crippen LogP contribution in [0.2, 0.25) is 0 Å². The summed E-state index contributed by atoms with van der Waals surface area (Å²) >= 11 is 7.63. The average molecular weight is 518 g/mol. The Morgan fingerprint density at radius 3 is 2.22 bits per heavy atom. The molecule has 0 bridgehead atoms. The van der Waals surface area contributed by atoms with E-state index in [-0.39, 0.29) is 23.3 Å². The minimum atomic E-state index is -0.375. The van der Waals surface area contributed by atoms with Crippen LogP contribution in [0, 0.1) is 0 Å². The Morgan fingerprint density at radius 1 is 1.00 bits per heavy atom. The lowest BCUT2D eigenvalue weighted by atomic mass is 10.2. The van der Waals surface area contributed by atoms with E-state index in [1.54, 1.807) is 24.3 Å². The highest BCUT2D eigenvalue weighted by Crippen LogP contribution is 2.26. The Hall–Kier alpha value is -2.78. The summed E-state index contributed by atoms with van der Waals surface area (Å²) in [4.78, 5) is 27.9. The first kappa shape index (κ1) is 25.5. The van der Waals surface area contributed by atoms with Crippen LogP contribution >= 0.6 is 28.6 Å². The number of thiol groups is 1. The zero-order chi connectivity index (χ0) is 23.7. The molecule has 3 N–H and O–H groups in total. The van der Waals surface area contributed by atoms with Gasteiger partial charge in [0.05, 0.1) is 10.0 Å². The number of halogens is 1. The third kappa shape index (κ3) is 6.14. The second-order valence-corrected chi connectivity index (χ2v) is 7.68. The number of rotatable bonds is 7. The maximum Gasteiger partial charge on any atom is 0.274 e. The van der Waals surface area contributed by atoms with Crippen molar-refractivity contribution >= 4 is 57.6 Å². The lowest BCUT2D eigenvalue weighted by Crippen LogP contribution is -2.21. The molecule has 0 saturated heterocycles. The molecule has 0 aliphatic heterocycles. The van der Waals surface area contributed by atoms with E-state index in [1.165, 1.54) is 0 Å². The first-order chi connectivity index (χ1) is 15.4. The molecule has 0 atom stereocenters. The molecular weight excluding hydrogens is 490 g/mol. The van der Waals surface area contributed by atoms with Crippen LogP contribution in [0.4, 0.5) is 17.2 Å². The van der Waals surface area contributed by atoms with E-state index in [0.29, 0.717) is 20.6 Å². The van der Waals surface area contributed by atoms with E-state index in [4.69, 9.17) is 0 Å². The first-order valence-corrected chi connectivity index (χ1v) is 11.7. The number of carbonyl (C=O) groups excluding carboxylic acids is 2. The van der Waals surface area contributed by atoms with Gasteiger partial charge in [-0.05, 0) is 66.2 Å². The summed E-state index contributed by atoms with van der Waals surface area (Å²) in [5.74, 6) is -0.523. The van der Waals surface area contributed by atoms with Crippen LogP contribution in [0.25, 0.3) is 0 Å². The standard InChI is InChI=1S/C21H22BrN5O2S.C2H6/c1-3-27(4-2)14-11-9-13(10-12-14)23-21(29)18-17(22)19(26-25-18)24-20(28)15-7-5-6-8-16(15)30;1-2/h5-12,30H,3-4H2,1-2H3,(H,23,29)(H2,24,25,26,28);1-2H3. The molecule has 0 aliphatic carbocycles. The summed E-state index contributed by atoms with van der Waals surface area (Å²) in [7, 11) is 0. The van der Waals surface area contributed by atoms with Crippen molar-refractivity contribution in [2.24, 2.45) is 0 Å². The molecule has 9 heteroatoms. The van der Waals surface area contributed by atoms with E-state index in [0.717, 1.165) is 18.8 Å². The van der Waals surface area contributed by atoms with Gasteiger partial charge in [-0.2, -0.15) is 5.10 Å². The topological polar surface area (TPSA) is 90.1 Å². The molecule has 32 heavy (non-hydrogen) atoms. The Labute approximate surface area is 202 Å². The van der Waals surface area contributed by atoms with Gasteiger partial charge in [0.1, 0.15) is 5.69 Å². The zero-order valence-electron chi connectivity index (χ0n) is 18.6. The number of aromatic nitrogens is 2. The third-order valence-electron chi connectivity index (χ3n) is 4.57. The van der Waals surface area contributed by atoms with Crippen molar-refractivity contribution in [3.05, 3.63) is 64.3 Å². The van der Waals surface area contributed by atoms with Crippen LogP contribution in [0.15, 0.2) is 57.9 Å². The van der Waals surface area contributed by atoms with Crippen LogP contribution in [0.5, 0.6) is 0 Å². The van der Waals surface area contributed by atoms with Crippen LogP contribution in [-0.2, 0) is 0 Å². The van der Waals surface area contributed by atoms with Crippen molar-refractivity contribution < 1.29 is 9.59 Å². The smallest absolute Gasteiger partial charge is 0.274 e. The van der Waals surface area contributed by atoms with E-state index in [2.05, 4.69) is 68.1 Å². The highest BCUT2D eigenvalue weighted by molar-refractivity contribution is 9.10. The van der Waals surface area contributed by atoms with Crippen molar-refractivity contribution in [1.29, 1.82) is 0 Å². The Balaban J connectivity index is 0.00000176. The maximum absolute atomic E-state index is 12.6. The van der Waals surface area contributed by atoms with Crippen molar-refractivity contribution in [2.45, 2.75) is 32.6 Å².